The van der Waals surface area contributed by atoms with Crippen LogP contribution in [-0.2, 0) is 11.3 Å². The number of aromatic nitrogens is 1. The maximum Gasteiger partial charge on any atom is 0.340 e. The van der Waals surface area contributed by atoms with Crippen LogP contribution in [0.5, 0.6) is 0 Å². The van der Waals surface area contributed by atoms with Crippen LogP contribution in [-0.4, -0.2) is 24.6 Å². The lowest BCUT2D eigenvalue weighted by atomic mass is 10.2. The molecule has 0 atom stereocenters. The molecule has 0 aliphatic heterocycles. The van der Waals surface area contributed by atoms with Crippen molar-refractivity contribution in [2.75, 3.05) is 24.3 Å². The maximum absolute atomic E-state index is 11.8. The zero-order chi connectivity index (χ0) is 14.5. The highest BCUT2D eigenvalue weighted by Crippen LogP contribution is 2.20. The van der Waals surface area contributed by atoms with E-state index in [0.29, 0.717) is 23.7 Å². The van der Waals surface area contributed by atoms with Crippen LogP contribution in [0.3, 0.4) is 0 Å². The molecule has 0 saturated carbocycles. The predicted octanol–water partition coefficient (Wildman–Crippen LogP) is 2.54. The molecule has 0 aliphatic rings. The second-order valence-corrected chi connectivity index (χ2v) is 5.12. The number of carbonyl (C=O) groups excluding carboxylic acids is 1. The second-order valence-electron chi connectivity index (χ2n) is 4.34. The summed E-state index contributed by atoms with van der Waals surface area (Å²) >= 11 is 1.65. The van der Waals surface area contributed by atoms with Gasteiger partial charge in [-0.25, -0.2) is 9.78 Å². The summed E-state index contributed by atoms with van der Waals surface area (Å²) in [5.41, 5.74) is 7.66. The van der Waals surface area contributed by atoms with Crippen molar-refractivity contribution in [2.24, 2.45) is 0 Å². The predicted molar refractivity (Wildman–Crippen MR) is 81.0 cm³/mol. The molecular formula is C14H17N3O2S. The van der Waals surface area contributed by atoms with E-state index in [1.807, 2.05) is 17.3 Å². The SMILES string of the molecule is CCOC(=O)c1cc(N(C)Cc2ccsc2)ncc1N. The Labute approximate surface area is 122 Å². The molecule has 2 heterocycles. The molecule has 2 aromatic heterocycles. The third-order valence-electron chi connectivity index (χ3n) is 2.81. The van der Waals surface area contributed by atoms with E-state index in [9.17, 15) is 4.79 Å². The average molecular weight is 291 g/mol. The number of rotatable bonds is 5. The molecule has 0 spiro atoms. The lowest BCUT2D eigenvalue weighted by molar-refractivity contribution is 0.0527. The number of hydrogen-bond acceptors (Lipinski definition) is 6. The van der Waals surface area contributed by atoms with Crippen LogP contribution in [0.15, 0.2) is 29.1 Å². The van der Waals surface area contributed by atoms with Crippen LogP contribution in [0.1, 0.15) is 22.8 Å². The molecule has 2 rings (SSSR count). The van der Waals surface area contributed by atoms with E-state index in [0.717, 1.165) is 6.54 Å². The second kappa shape index (κ2) is 6.38. The van der Waals surface area contributed by atoms with E-state index in [-0.39, 0.29) is 0 Å². The van der Waals surface area contributed by atoms with Gasteiger partial charge < -0.3 is 15.4 Å². The minimum Gasteiger partial charge on any atom is -0.462 e. The number of esters is 1. The molecule has 0 aromatic carbocycles. The zero-order valence-electron chi connectivity index (χ0n) is 11.5. The fraction of sp³-hybridized carbons (Fsp3) is 0.286. The highest BCUT2D eigenvalue weighted by Gasteiger charge is 2.14. The summed E-state index contributed by atoms with van der Waals surface area (Å²) in [6, 6.07) is 3.73. The van der Waals surface area contributed by atoms with Crippen LogP contribution in [0.2, 0.25) is 0 Å². The van der Waals surface area contributed by atoms with Gasteiger partial charge in [-0.05, 0) is 35.4 Å². The van der Waals surface area contributed by atoms with Gasteiger partial charge in [0.05, 0.1) is 24.1 Å². The Kier molecular flexibility index (Phi) is 4.57. The smallest absolute Gasteiger partial charge is 0.340 e. The molecule has 6 heteroatoms. The first-order valence-electron chi connectivity index (χ1n) is 6.26. The van der Waals surface area contributed by atoms with Crippen LogP contribution in [0, 0.1) is 0 Å². The molecule has 2 aromatic rings. The molecule has 20 heavy (non-hydrogen) atoms. The minimum absolute atomic E-state index is 0.320. The highest BCUT2D eigenvalue weighted by atomic mass is 32.1. The minimum atomic E-state index is -0.419. The Morgan fingerprint density at radius 1 is 1.55 bits per heavy atom. The van der Waals surface area contributed by atoms with Gasteiger partial charge in [0.15, 0.2) is 0 Å². The van der Waals surface area contributed by atoms with Crippen LogP contribution < -0.4 is 10.6 Å². The molecule has 2 N–H and O–H groups in total. The summed E-state index contributed by atoms with van der Waals surface area (Å²) in [6.45, 7) is 2.81. The van der Waals surface area contributed by atoms with Crippen molar-refractivity contribution in [3.63, 3.8) is 0 Å². The lowest BCUT2D eigenvalue weighted by Crippen LogP contribution is -2.18. The van der Waals surface area contributed by atoms with E-state index >= 15 is 0 Å². The third-order valence-corrected chi connectivity index (χ3v) is 3.54. The maximum atomic E-state index is 11.8. The van der Waals surface area contributed by atoms with Crippen LogP contribution >= 0.6 is 11.3 Å². The van der Waals surface area contributed by atoms with Crippen molar-refractivity contribution in [3.8, 4) is 0 Å². The largest absolute Gasteiger partial charge is 0.462 e. The fourth-order valence-corrected chi connectivity index (χ4v) is 2.45. The number of nitrogen functional groups attached to an aromatic ring is 1. The van der Waals surface area contributed by atoms with E-state index < -0.39 is 5.97 Å². The molecule has 0 radical (unpaired) electrons. The topological polar surface area (TPSA) is 68.5 Å². The normalized spacial score (nSPS) is 10.3. The molecule has 0 saturated heterocycles. The molecule has 106 valence electrons. The molecule has 0 fully saturated rings. The van der Waals surface area contributed by atoms with Gasteiger partial charge in [-0.3, -0.25) is 0 Å². The van der Waals surface area contributed by atoms with Gasteiger partial charge >= 0.3 is 5.97 Å². The number of ether oxygens (including phenoxy) is 1. The van der Waals surface area contributed by atoms with Gasteiger partial charge in [0.25, 0.3) is 0 Å². The van der Waals surface area contributed by atoms with Crippen LogP contribution in [0.25, 0.3) is 0 Å². The number of hydrogen-bond donors (Lipinski definition) is 1. The van der Waals surface area contributed by atoms with E-state index in [1.165, 1.54) is 11.8 Å². The first-order chi connectivity index (χ1) is 9.61. The Bertz CT molecular complexity index is 584. The molecular weight excluding hydrogens is 274 g/mol. The Hall–Kier alpha value is -2.08. The van der Waals surface area contributed by atoms with Gasteiger partial charge in [-0.2, -0.15) is 11.3 Å². The van der Waals surface area contributed by atoms with Gasteiger partial charge in [0.1, 0.15) is 5.82 Å². The third kappa shape index (κ3) is 3.27. The zero-order valence-corrected chi connectivity index (χ0v) is 12.3. The summed E-state index contributed by atoms with van der Waals surface area (Å²) in [4.78, 5) is 18.0. The Morgan fingerprint density at radius 3 is 3.00 bits per heavy atom. The van der Waals surface area contributed by atoms with Gasteiger partial charge in [0, 0.05) is 13.6 Å². The number of pyridine rings is 1. The standard InChI is InChI=1S/C14H17N3O2S/c1-3-19-14(18)11-6-13(16-7-12(11)15)17(2)8-10-4-5-20-9-10/h4-7,9H,3,8,15H2,1-2H3. The number of nitrogens with zero attached hydrogens (tertiary/aromatic N) is 2. The van der Waals surface area contributed by atoms with Gasteiger partial charge in [0.2, 0.25) is 0 Å². The summed E-state index contributed by atoms with van der Waals surface area (Å²) in [5, 5.41) is 4.11. The number of thiophene rings is 1. The van der Waals surface area contributed by atoms with E-state index in [2.05, 4.69) is 16.4 Å². The molecule has 0 bridgehead atoms. The van der Waals surface area contributed by atoms with Crippen molar-refractivity contribution < 1.29 is 9.53 Å². The molecule has 0 aliphatic carbocycles. The van der Waals surface area contributed by atoms with E-state index in [4.69, 9.17) is 10.5 Å². The van der Waals surface area contributed by atoms with Crippen molar-refractivity contribution >= 4 is 28.8 Å². The van der Waals surface area contributed by atoms with Crippen molar-refractivity contribution in [1.29, 1.82) is 0 Å². The lowest BCUT2D eigenvalue weighted by Gasteiger charge is -2.18. The highest BCUT2D eigenvalue weighted by molar-refractivity contribution is 7.07. The summed E-state index contributed by atoms with van der Waals surface area (Å²) in [7, 11) is 1.92. The van der Waals surface area contributed by atoms with Gasteiger partial charge in [-0.15, -0.1) is 0 Å². The average Bonchev–Trinajstić information content (AvgIpc) is 2.92. The quantitative estimate of drug-likeness (QED) is 0.857. The summed E-state index contributed by atoms with van der Waals surface area (Å²) < 4.78 is 4.99. The molecule has 5 nitrogen and oxygen atoms in total. The van der Waals surface area contributed by atoms with Crippen molar-refractivity contribution in [2.45, 2.75) is 13.5 Å². The van der Waals surface area contributed by atoms with Crippen LogP contribution in [0.4, 0.5) is 11.5 Å². The fourth-order valence-electron chi connectivity index (χ4n) is 1.79. The molecule has 0 amide bonds. The Balaban J connectivity index is 2.20. The number of carbonyl (C=O) groups is 1. The monoisotopic (exact) mass is 291 g/mol. The van der Waals surface area contributed by atoms with Gasteiger partial charge in [-0.1, -0.05) is 0 Å². The number of nitrogens with two attached hydrogens (primary N) is 1. The van der Waals surface area contributed by atoms with E-state index in [1.54, 1.807) is 24.3 Å². The summed E-state index contributed by atoms with van der Waals surface area (Å²) in [5.74, 6) is 0.269. The Morgan fingerprint density at radius 2 is 2.35 bits per heavy atom. The van der Waals surface area contributed by atoms with Crippen molar-refractivity contribution in [3.05, 3.63) is 40.2 Å². The molecule has 0 unspecified atom stereocenters. The number of anilines is 2. The first kappa shape index (κ1) is 14.3. The first-order valence-corrected chi connectivity index (χ1v) is 7.21. The van der Waals surface area contributed by atoms with Crippen molar-refractivity contribution in [1.82, 2.24) is 4.98 Å². The summed E-state index contributed by atoms with van der Waals surface area (Å²) in [6.07, 6.45) is 1.49.